The highest BCUT2D eigenvalue weighted by Gasteiger charge is 2.21. The van der Waals surface area contributed by atoms with Gasteiger partial charge in [-0.3, -0.25) is 0 Å². The molecule has 0 radical (unpaired) electrons. The summed E-state index contributed by atoms with van der Waals surface area (Å²) in [6.45, 7) is 3.91. The summed E-state index contributed by atoms with van der Waals surface area (Å²) in [7, 11) is 0. The summed E-state index contributed by atoms with van der Waals surface area (Å²) in [5, 5.41) is 21.8. The Morgan fingerprint density at radius 1 is 1.40 bits per heavy atom. The molecule has 1 heterocycles. The fraction of sp³-hybridized carbons (Fsp3) is 0.600. The summed E-state index contributed by atoms with van der Waals surface area (Å²) in [6, 6.07) is 1.54. The van der Waals surface area contributed by atoms with E-state index in [9.17, 15) is 15.0 Å². The first-order valence-electron chi connectivity index (χ1n) is 7.16. The highest BCUT2D eigenvalue weighted by molar-refractivity contribution is 5.93. The zero-order valence-electron chi connectivity index (χ0n) is 12.0. The Kier molecular flexibility index (Phi) is 4.60. The van der Waals surface area contributed by atoms with E-state index in [-0.39, 0.29) is 24.1 Å². The van der Waals surface area contributed by atoms with Crippen molar-refractivity contribution in [3.05, 3.63) is 22.9 Å². The molecule has 1 aromatic heterocycles. The molecule has 0 amide bonds. The number of anilines is 1. The van der Waals surface area contributed by atoms with Crippen molar-refractivity contribution in [3.63, 3.8) is 0 Å². The molecule has 1 atom stereocenters. The molecule has 5 nitrogen and oxygen atoms in total. The van der Waals surface area contributed by atoms with Gasteiger partial charge in [-0.25, -0.2) is 9.78 Å². The van der Waals surface area contributed by atoms with Gasteiger partial charge in [-0.1, -0.05) is 13.8 Å². The summed E-state index contributed by atoms with van der Waals surface area (Å²) in [5.41, 5.74) is 2.23. The first-order valence-corrected chi connectivity index (χ1v) is 7.16. The van der Waals surface area contributed by atoms with Gasteiger partial charge in [-0.15, -0.1) is 0 Å². The number of aromatic carboxylic acids is 1. The van der Waals surface area contributed by atoms with Gasteiger partial charge in [0.1, 0.15) is 11.4 Å². The van der Waals surface area contributed by atoms with Gasteiger partial charge >= 0.3 is 5.97 Å². The quantitative estimate of drug-likeness (QED) is 0.768. The topological polar surface area (TPSA) is 82.5 Å². The number of aliphatic hydroxyl groups is 1. The largest absolute Gasteiger partial charge is 0.478 e. The standard InChI is InChI=1S/C15H22N2O3/c1-9(2)13(8-18)17-14-11(15(19)20)7-10-5-3-4-6-12(10)16-14/h7,9,13,18H,3-6,8H2,1-2H3,(H,16,17)(H,19,20). The number of carboxylic acid groups (broad SMARTS) is 1. The minimum Gasteiger partial charge on any atom is -0.478 e. The van der Waals surface area contributed by atoms with Crippen LogP contribution in [0, 0.1) is 5.92 Å². The van der Waals surface area contributed by atoms with E-state index in [0.717, 1.165) is 36.9 Å². The number of carboxylic acids is 1. The number of hydrogen-bond donors (Lipinski definition) is 3. The zero-order chi connectivity index (χ0) is 14.7. The van der Waals surface area contributed by atoms with Crippen molar-refractivity contribution in [2.24, 2.45) is 5.92 Å². The van der Waals surface area contributed by atoms with Crippen LogP contribution in [0.15, 0.2) is 6.07 Å². The van der Waals surface area contributed by atoms with Crippen molar-refractivity contribution < 1.29 is 15.0 Å². The van der Waals surface area contributed by atoms with Gasteiger partial charge in [0.2, 0.25) is 0 Å². The highest BCUT2D eigenvalue weighted by Crippen LogP contribution is 2.25. The molecule has 110 valence electrons. The maximum Gasteiger partial charge on any atom is 0.339 e. The van der Waals surface area contributed by atoms with Crippen LogP contribution >= 0.6 is 0 Å². The molecule has 0 bridgehead atoms. The predicted octanol–water partition coefficient (Wildman–Crippen LogP) is 2.09. The molecular formula is C15H22N2O3. The second-order valence-corrected chi connectivity index (χ2v) is 5.68. The van der Waals surface area contributed by atoms with E-state index in [1.165, 1.54) is 0 Å². The fourth-order valence-electron chi connectivity index (χ4n) is 2.51. The molecule has 0 saturated carbocycles. The summed E-state index contributed by atoms with van der Waals surface area (Å²) < 4.78 is 0. The van der Waals surface area contributed by atoms with Crippen LogP contribution in [0.4, 0.5) is 5.82 Å². The molecular weight excluding hydrogens is 256 g/mol. The smallest absolute Gasteiger partial charge is 0.339 e. The van der Waals surface area contributed by atoms with Gasteiger partial charge < -0.3 is 15.5 Å². The van der Waals surface area contributed by atoms with E-state index in [2.05, 4.69) is 10.3 Å². The number of pyridine rings is 1. The number of aromatic nitrogens is 1. The molecule has 3 N–H and O–H groups in total. The van der Waals surface area contributed by atoms with Crippen molar-refractivity contribution in [2.75, 3.05) is 11.9 Å². The average Bonchev–Trinajstić information content (AvgIpc) is 2.43. The Bertz CT molecular complexity index is 500. The summed E-state index contributed by atoms with van der Waals surface area (Å²) >= 11 is 0. The molecule has 0 aromatic carbocycles. The monoisotopic (exact) mass is 278 g/mol. The Morgan fingerprint density at radius 2 is 2.10 bits per heavy atom. The molecule has 0 aliphatic heterocycles. The van der Waals surface area contributed by atoms with Crippen LogP contribution in [0.5, 0.6) is 0 Å². The Morgan fingerprint density at radius 3 is 2.70 bits per heavy atom. The Hall–Kier alpha value is -1.62. The van der Waals surface area contributed by atoms with Gasteiger partial charge in [0.25, 0.3) is 0 Å². The van der Waals surface area contributed by atoms with Gasteiger partial charge in [0, 0.05) is 5.69 Å². The molecule has 0 saturated heterocycles. The minimum absolute atomic E-state index is 0.0461. The molecule has 1 aliphatic rings. The van der Waals surface area contributed by atoms with Gasteiger partial charge in [0.05, 0.1) is 12.6 Å². The maximum atomic E-state index is 11.4. The van der Waals surface area contributed by atoms with E-state index >= 15 is 0 Å². The van der Waals surface area contributed by atoms with Crippen LogP contribution in [-0.2, 0) is 12.8 Å². The first kappa shape index (κ1) is 14.8. The molecule has 20 heavy (non-hydrogen) atoms. The number of nitrogens with zero attached hydrogens (tertiary/aromatic N) is 1. The Labute approximate surface area is 119 Å². The number of hydrogen-bond acceptors (Lipinski definition) is 4. The second-order valence-electron chi connectivity index (χ2n) is 5.68. The SMILES string of the molecule is CC(C)C(CO)Nc1nc2c(cc1C(=O)O)CCCC2. The summed E-state index contributed by atoms with van der Waals surface area (Å²) in [6.07, 6.45) is 3.98. The molecule has 1 unspecified atom stereocenters. The predicted molar refractivity (Wildman–Crippen MR) is 77.2 cm³/mol. The van der Waals surface area contributed by atoms with Crippen molar-refractivity contribution in [1.82, 2.24) is 4.98 Å². The van der Waals surface area contributed by atoms with E-state index in [1.54, 1.807) is 6.07 Å². The van der Waals surface area contributed by atoms with Crippen LogP contribution in [0.2, 0.25) is 0 Å². The van der Waals surface area contributed by atoms with Crippen LogP contribution in [0.25, 0.3) is 0 Å². The molecule has 5 heteroatoms. The lowest BCUT2D eigenvalue weighted by atomic mass is 9.94. The van der Waals surface area contributed by atoms with E-state index in [4.69, 9.17) is 0 Å². The lowest BCUT2D eigenvalue weighted by Gasteiger charge is -2.23. The Balaban J connectivity index is 2.37. The van der Waals surface area contributed by atoms with Crippen LogP contribution in [0.3, 0.4) is 0 Å². The number of carbonyl (C=O) groups is 1. The zero-order valence-corrected chi connectivity index (χ0v) is 12.0. The minimum atomic E-state index is -0.978. The average molecular weight is 278 g/mol. The number of aryl methyl sites for hydroxylation is 2. The van der Waals surface area contributed by atoms with Gasteiger partial charge in [-0.2, -0.15) is 0 Å². The van der Waals surface area contributed by atoms with E-state index in [1.807, 2.05) is 13.8 Å². The lowest BCUT2D eigenvalue weighted by Crippen LogP contribution is -2.31. The number of fused-ring (bicyclic) bond motifs is 1. The third kappa shape index (κ3) is 3.10. The van der Waals surface area contributed by atoms with Crippen LogP contribution < -0.4 is 5.32 Å². The summed E-state index contributed by atoms with van der Waals surface area (Å²) in [5.74, 6) is -0.404. The normalized spacial score (nSPS) is 15.8. The van der Waals surface area contributed by atoms with Gasteiger partial charge in [0.15, 0.2) is 0 Å². The second kappa shape index (κ2) is 6.22. The maximum absolute atomic E-state index is 11.4. The van der Waals surface area contributed by atoms with Gasteiger partial charge in [-0.05, 0) is 43.2 Å². The number of nitrogens with one attached hydrogen (secondary N) is 1. The first-order chi connectivity index (χ1) is 9.52. The summed E-state index contributed by atoms with van der Waals surface area (Å²) in [4.78, 5) is 15.9. The van der Waals surface area contributed by atoms with Crippen molar-refractivity contribution in [3.8, 4) is 0 Å². The van der Waals surface area contributed by atoms with Crippen LogP contribution in [0.1, 0.15) is 48.3 Å². The van der Waals surface area contributed by atoms with E-state index in [0.29, 0.717) is 5.82 Å². The number of rotatable bonds is 5. The van der Waals surface area contributed by atoms with Crippen molar-refractivity contribution >= 4 is 11.8 Å². The van der Waals surface area contributed by atoms with E-state index < -0.39 is 5.97 Å². The van der Waals surface area contributed by atoms with Crippen molar-refractivity contribution in [1.29, 1.82) is 0 Å². The molecule has 1 aromatic rings. The molecule has 0 fully saturated rings. The van der Waals surface area contributed by atoms with Crippen molar-refractivity contribution in [2.45, 2.75) is 45.6 Å². The lowest BCUT2D eigenvalue weighted by molar-refractivity contribution is 0.0697. The third-order valence-corrected chi connectivity index (χ3v) is 3.85. The third-order valence-electron chi connectivity index (χ3n) is 3.85. The number of aliphatic hydroxyl groups excluding tert-OH is 1. The fourth-order valence-corrected chi connectivity index (χ4v) is 2.51. The molecule has 2 rings (SSSR count). The highest BCUT2D eigenvalue weighted by atomic mass is 16.4. The molecule has 1 aliphatic carbocycles. The van der Waals surface area contributed by atoms with Crippen LogP contribution in [-0.4, -0.2) is 33.8 Å². The molecule has 0 spiro atoms.